The molecule has 3 nitrogen and oxygen atoms in total. The number of aliphatic hydroxyl groups is 1. The van der Waals surface area contributed by atoms with E-state index in [9.17, 15) is 5.11 Å². The Morgan fingerprint density at radius 2 is 1.91 bits per heavy atom. The number of fused-ring (bicyclic) bond motifs is 5. The van der Waals surface area contributed by atoms with E-state index in [0.717, 1.165) is 36.7 Å². The van der Waals surface area contributed by atoms with E-state index in [0.29, 0.717) is 11.8 Å². The average molecular weight is 316 g/mol. The minimum absolute atomic E-state index is 0.0970. The lowest BCUT2D eigenvalue weighted by Crippen LogP contribution is -2.43. The van der Waals surface area contributed by atoms with Crippen molar-refractivity contribution < 1.29 is 14.6 Å². The maximum absolute atomic E-state index is 10.5. The highest BCUT2D eigenvalue weighted by Gasteiger charge is 2.54. The molecule has 0 aromatic heterocycles. The van der Waals surface area contributed by atoms with E-state index in [2.05, 4.69) is 19.1 Å². The zero-order valence-corrected chi connectivity index (χ0v) is 14.5. The summed E-state index contributed by atoms with van der Waals surface area (Å²) in [5.74, 6) is 3.81. The molecule has 0 heterocycles. The summed E-state index contributed by atoms with van der Waals surface area (Å²) in [7, 11) is 3.46. The topological polar surface area (TPSA) is 38.7 Å². The molecule has 3 aliphatic rings. The van der Waals surface area contributed by atoms with E-state index >= 15 is 0 Å². The van der Waals surface area contributed by atoms with Gasteiger partial charge >= 0.3 is 0 Å². The molecule has 0 amide bonds. The fourth-order valence-electron chi connectivity index (χ4n) is 5.97. The van der Waals surface area contributed by atoms with Gasteiger partial charge in [0.2, 0.25) is 0 Å². The van der Waals surface area contributed by atoms with Crippen molar-refractivity contribution in [2.45, 2.75) is 57.5 Å². The molecule has 4 rings (SSSR count). The monoisotopic (exact) mass is 316 g/mol. The van der Waals surface area contributed by atoms with Crippen molar-refractivity contribution in [3.8, 4) is 11.5 Å². The number of methoxy groups -OCH3 is 2. The second-order valence-electron chi connectivity index (χ2n) is 7.92. The van der Waals surface area contributed by atoms with Crippen LogP contribution < -0.4 is 9.47 Å². The largest absolute Gasteiger partial charge is 0.493 e. The third-order valence-corrected chi connectivity index (χ3v) is 7.20. The first kappa shape index (κ1) is 15.3. The molecule has 126 valence electrons. The van der Waals surface area contributed by atoms with Crippen molar-refractivity contribution in [1.82, 2.24) is 0 Å². The van der Waals surface area contributed by atoms with Gasteiger partial charge in [0.15, 0.2) is 11.5 Å². The Labute approximate surface area is 139 Å². The van der Waals surface area contributed by atoms with Crippen molar-refractivity contribution in [3.05, 3.63) is 23.3 Å². The lowest BCUT2D eigenvalue weighted by atomic mass is 9.55. The van der Waals surface area contributed by atoms with Crippen molar-refractivity contribution in [2.24, 2.45) is 17.3 Å². The molecule has 1 aromatic rings. The fraction of sp³-hybridized carbons (Fsp3) is 0.700. The highest BCUT2D eigenvalue weighted by molar-refractivity contribution is 5.53. The van der Waals surface area contributed by atoms with Gasteiger partial charge in [-0.3, -0.25) is 0 Å². The average Bonchev–Trinajstić information content (AvgIpc) is 2.88. The van der Waals surface area contributed by atoms with Gasteiger partial charge in [-0.25, -0.2) is 0 Å². The first-order valence-corrected chi connectivity index (χ1v) is 9.02. The molecule has 3 heteroatoms. The van der Waals surface area contributed by atoms with E-state index in [4.69, 9.17) is 9.47 Å². The first-order chi connectivity index (χ1) is 11.1. The lowest BCUT2D eigenvalue weighted by Gasteiger charge is -2.50. The number of hydrogen-bond acceptors (Lipinski definition) is 3. The summed E-state index contributed by atoms with van der Waals surface area (Å²) in [6, 6.07) is 4.33. The summed E-state index contributed by atoms with van der Waals surface area (Å²) in [5, 5.41) is 10.5. The molecule has 0 radical (unpaired) electrons. The molecule has 0 bridgehead atoms. The number of benzene rings is 1. The van der Waals surface area contributed by atoms with Crippen LogP contribution in [-0.2, 0) is 6.42 Å². The third kappa shape index (κ3) is 2.05. The van der Waals surface area contributed by atoms with Crippen LogP contribution in [0.5, 0.6) is 11.5 Å². The smallest absolute Gasteiger partial charge is 0.164 e. The van der Waals surface area contributed by atoms with Gasteiger partial charge < -0.3 is 14.6 Å². The Kier molecular flexibility index (Phi) is 3.60. The molecule has 2 saturated carbocycles. The molecule has 23 heavy (non-hydrogen) atoms. The Bertz CT molecular complexity index is 611. The quantitative estimate of drug-likeness (QED) is 0.899. The predicted octanol–water partition coefficient (Wildman–Crippen LogP) is 3.92. The molecule has 0 aliphatic heterocycles. The number of ether oxygens (including phenoxy) is 2. The van der Waals surface area contributed by atoms with Gasteiger partial charge in [0.1, 0.15) is 0 Å². The van der Waals surface area contributed by atoms with Crippen LogP contribution in [0.1, 0.15) is 56.1 Å². The predicted molar refractivity (Wildman–Crippen MR) is 90.2 cm³/mol. The second kappa shape index (κ2) is 5.41. The van der Waals surface area contributed by atoms with Crippen molar-refractivity contribution >= 4 is 0 Å². The molecule has 1 N–H and O–H groups in total. The van der Waals surface area contributed by atoms with Gasteiger partial charge in [-0.05, 0) is 73.3 Å². The Morgan fingerprint density at radius 3 is 2.65 bits per heavy atom. The molecular weight excluding hydrogens is 288 g/mol. The molecule has 0 saturated heterocycles. The minimum Gasteiger partial charge on any atom is -0.493 e. The Morgan fingerprint density at radius 1 is 1.09 bits per heavy atom. The highest BCUT2D eigenvalue weighted by atomic mass is 16.5. The molecule has 3 aliphatic carbocycles. The molecule has 5 atom stereocenters. The van der Waals surface area contributed by atoms with Crippen molar-refractivity contribution in [1.29, 1.82) is 0 Å². The van der Waals surface area contributed by atoms with Crippen LogP contribution in [0.15, 0.2) is 12.1 Å². The molecule has 1 aromatic carbocycles. The summed E-state index contributed by atoms with van der Waals surface area (Å²) in [4.78, 5) is 0. The minimum atomic E-state index is -0.0970. The summed E-state index contributed by atoms with van der Waals surface area (Å²) in [5.41, 5.74) is 2.98. The SMILES string of the molecule is COc1ccc2c(c1OC)CC[C@@H]1[C@@H]2CC[C@]2(C)[C@@H](O)CC[C@@H]12. The van der Waals surface area contributed by atoms with Crippen LogP contribution in [0.3, 0.4) is 0 Å². The zero-order chi connectivity index (χ0) is 16.2. The Hall–Kier alpha value is -1.22. The number of rotatable bonds is 2. The Balaban J connectivity index is 1.73. The maximum atomic E-state index is 10.5. The van der Waals surface area contributed by atoms with Crippen LogP contribution in [0.25, 0.3) is 0 Å². The second-order valence-corrected chi connectivity index (χ2v) is 7.92. The molecule has 0 unspecified atom stereocenters. The van der Waals surface area contributed by atoms with E-state index in [1.165, 1.54) is 30.4 Å². The van der Waals surface area contributed by atoms with Crippen LogP contribution in [0.4, 0.5) is 0 Å². The highest BCUT2D eigenvalue weighted by Crippen LogP contribution is 2.61. The third-order valence-electron chi connectivity index (χ3n) is 7.20. The fourth-order valence-corrected chi connectivity index (χ4v) is 5.97. The lowest BCUT2D eigenvalue weighted by molar-refractivity contribution is -0.0227. The molecule has 2 fully saturated rings. The summed E-state index contributed by atoms with van der Waals surface area (Å²) in [6.45, 7) is 2.33. The summed E-state index contributed by atoms with van der Waals surface area (Å²) in [6.07, 6.45) is 6.71. The zero-order valence-electron chi connectivity index (χ0n) is 14.5. The van der Waals surface area contributed by atoms with Crippen molar-refractivity contribution in [3.63, 3.8) is 0 Å². The van der Waals surface area contributed by atoms with Crippen molar-refractivity contribution in [2.75, 3.05) is 14.2 Å². The van der Waals surface area contributed by atoms with E-state index in [-0.39, 0.29) is 11.5 Å². The van der Waals surface area contributed by atoms with Gasteiger partial charge in [0.05, 0.1) is 20.3 Å². The van der Waals surface area contributed by atoms with Gasteiger partial charge in [-0.2, -0.15) is 0 Å². The van der Waals surface area contributed by atoms with E-state index < -0.39 is 0 Å². The van der Waals surface area contributed by atoms with Crippen LogP contribution in [0, 0.1) is 17.3 Å². The van der Waals surface area contributed by atoms with E-state index in [1.54, 1.807) is 14.2 Å². The number of aliphatic hydroxyl groups excluding tert-OH is 1. The molecule has 0 spiro atoms. The maximum Gasteiger partial charge on any atom is 0.164 e. The van der Waals surface area contributed by atoms with Gasteiger partial charge in [-0.1, -0.05) is 13.0 Å². The normalized spacial score (nSPS) is 38.4. The van der Waals surface area contributed by atoms with Crippen LogP contribution in [-0.4, -0.2) is 25.4 Å². The molecular formula is C20H28O3. The van der Waals surface area contributed by atoms with Gasteiger partial charge in [0, 0.05) is 5.56 Å². The number of hydrogen-bond donors (Lipinski definition) is 1. The summed E-state index contributed by atoms with van der Waals surface area (Å²) < 4.78 is 11.2. The standard InChI is InChI=1S/C20H28O3/c1-20-11-10-13-12-6-8-17(22-2)19(23-3)15(12)5-4-14(13)16(20)7-9-18(20)21/h6,8,13-14,16,18,21H,4-5,7,9-11H2,1-3H3/t13-,14-,16+,18+,20+/m1/s1. The van der Waals surface area contributed by atoms with Crippen LogP contribution in [0.2, 0.25) is 0 Å². The first-order valence-electron chi connectivity index (χ1n) is 9.02. The van der Waals surface area contributed by atoms with E-state index in [1.807, 2.05) is 0 Å². The summed E-state index contributed by atoms with van der Waals surface area (Å²) >= 11 is 0. The van der Waals surface area contributed by atoms with Gasteiger partial charge in [0.25, 0.3) is 0 Å². The van der Waals surface area contributed by atoms with Crippen LogP contribution >= 0.6 is 0 Å². The van der Waals surface area contributed by atoms with Gasteiger partial charge in [-0.15, -0.1) is 0 Å².